The van der Waals surface area contributed by atoms with Crippen LogP contribution in [0.3, 0.4) is 0 Å². The Kier molecular flexibility index (Phi) is 3.51. The zero-order valence-electron chi connectivity index (χ0n) is 11.3. The van der Waals surface area contributed by atoms with Gasteiger partial charge in [-0.25, -0.2) is 4.98 Å². The molecule has 0 spiro atoms. The van der Waals surface area contributed by atoms with Gasteiger partial charge in [0.05, 0.1) is 13.2 Å². The molecule has 0 saturated carbocycles. The van der Waals surface area contributed by atoms with Gasteiger partial charge in [0.25, 0.3) is 5.91 Å². The van der Waals surface area contributed by atoms with Crippen LogP contribution in [0.25, 0.3) is 0 Å². The first-order chi connectivity index (χ1) is 9.78. The molecule has 7 heteroatoms. The lowest BCUT2D eigenvalue weighted by Gasteiger charge is -2.31. The highest BCUT2D eigenvalue weighted by Gasteiger charge is 2.28. The molecule has 0 radical (unpaired) electrons. The van der Waals surface area contributed by atoms with E-state index in [0.717, 1.165) is 12.2 Å². The summed E-state index contributed by atoms with van der Waals surface area (Å²) in [7, 11) is 0. The van der Waals surface area contributed by atoms with Gasteiger partial charge < -0.3 is 14.6 Å². The van der Waals surface area contributed by atoms with Gasteiger partial charge in [-0.1, -0.05) is 6.92 Å². The number of hydrogen-bond acceptors (Lipinski definition) is 4. The molecule has 0 unspecified atom stereocenters. The second-order valence-corrected chi connectivity index (χ2v) is 4.69. The van der Waals surface area contributed by atoms with Gasteiger partial charge in [-0.05, 0) is 12.1 Å². The largest absolute Gasteiger partial charge is 0.366 e. The fraction of sp³-hybridized carbons (Fsp3) is 0.462. The van der Waals surface area contributed by atoms with E-state index in [4.69, 9.17) is 4.74 Å². The van der Waals surface area contributed by atoms with Crippen LogP contribution in [0.1, 0.15) is 35.2 Å². The molecule has 3 heterocycles. The van der Waals surface area contributed by atoms with Crippen molar-refractivity contribution in [1.82, 2.24) is 25.1 Å². The van der Waals surface area contributed by atoms with Crippen LogP contribution in [-0.2, 0) is 11.2 Å². The molecule has 1 atom stereocenters. The monoisotopic (exact) mass is 275 g/mol. The topological polar surface area (TPSA) is 86.9 Å². The average Bonchev–Trinajstić information content (AvgIpc) is 3.17. The number of aromatic nitrogens is 4. The van der Waals surface area contributed by atoms with Crippen molar-refractivity contribution < 1.29 is 9.53 Å². The van der Waals surface area contributed by atoms with Crippen molar-refractivity contribution in [1.29, 1.82) is 0 Å². The third-order valence-electron chi connectivity index (χ3n) is 3.35. The Morgan fingerprint density at radius 3 is 3.20 bits per heavy atom. The minimum absolute atomic E-state index is 0.0189. The van der Waals surface area contributed by atoms with E-state index >= 15 is 0 Å². The number of rotatable bonds is 3. The molecule has 1 aliphatic rings. The number of morpholine rings is 1. The highest BCUT2D eigenvalue weighted by atomic mass is 16.5. The molecule has 7 nitrogen and oxygen atoms in total. The zero-order valence-corrected chi connectivity index (χ0v) is 11.3. The average molecular weight is 275 g/mol. The van der Waals surface area contributed by atoms with Crippen molar-refractivity contribution in [2.45, 2.75) is 19.4 Å². The number of aryl methyl sites for hydroxylation is 1. The molecular formula is C13H17N5O2. The minimum Gasteiger partial charge on any atom is -0.366 e. The summed E-state index contributed by atoms with van der Waals surface area (Å²) in [5.41, 5.74) is 0.592. The maximum atomic E-state index is 12.3. The molecule has 20 heavy (non-hydrogen) atoms. The standard InChI is InChI=1S/C13H17N5O2/c1-2-11-15-12(17-16-11)10-8-18(6-7-20-10)13(19)9-4-3-5-14-9/h3-5,10,14H,2,6-8H2,1H3,(H,15,16,17)/t10-/m1/s1. The van der Waals surface area contributed by atoms with Crippen LogP contribution in [0.2, 0.25) is 0 Å². The van der Waals surface area contributed by atoms with E-state index in [1.807, 2.05) is 13.0 Å². The number of aromatic amines is 2. The normalized spacial score (nSPS) is 19.2. The molecule has 3 rings (SSSR count). The Balaban J connectivity index is 1.71. The summed E-state index contributed by atoms with van der Waals surface area (Å²) in [4.78, 5) is 21.4. The van der Waals surface area contributed by atoms with Crippen LogP contribution in [0, 0.1) is 0 Å². The van der Waals surface area contributed by atoms with Crippen molar-refractivity contribution in [3.8, 4) is 0 Å². The summed E-state index contributed by atoms with van der Waals surface area (Å²) in [6.07, 6.45) is 2.28. The Bertz CT molecular complexity index is 577. The van der Waals surface area contributed by atoms with Crippen molar-refractivity contribution in [3.63, 3.8) is 0 Å². The van der Waals surface area contributed by atoms with Gasteiger partial charge >= 0.3 is 0 Å². The third-order valence-corrected chi connectivity index (χ3v) is 3.35. The number of carbonyl (C=O) groups is 1. The number of ether oxygens (including phenoxy) is 1. The SMILES string of the molecule is CCc1nc([C@H]2CN(C(=O)c3ccc[nH]3)CCO2)n[nH]1. The maximum Gasteiger partial charge on any atom is 0.270 e. The molecule has 2 aromatic heterocycles. The number of hydrogen-bond donors (Lipinski definition) is 2. The summed E-state index contributed by atoms with van der Waals surface area (Å²) in [5, 5.41) is 7.03. The minimum atomic E-state index is -0.265. The van der Waals surface area contributed by atoms with Gasteiger partial charge in [-0.3, -0.25) is 9.89 Å². The second-order valence-electron chi connectivity index (χ2n) is 4.69. The maximum absolute atomic E-state index is 12.3. The lowest BCUT2D eigenvalue weighted by molar-refractivity contribution is -0.0268. The molecule has 1 amide bonds. The van der Waals surface area contributed by atoms with Gasteiger partial charge in [0.2, 0.25) is 0 Å². The molecule has 1 saturated heterocycles. The third kappa shape index (κ3) is 2.44. The van der Waals surface area contributed by atoms with Crippen LogP contribution < -0.4 is 0 Å². The first-order valence-electron chi connectivity index (χ1n) is 6.73. The lowest BCUT2D eigenvalue weighted by Crippen LogP contribution is -2.42. The van der Waals surface area contributed by atoms with Crippen LogP contribution >= 0.6 is 0 Å². The van der Waals surface area contributed by atoms with Crippen LogP contribution in [-0.4, -0.2) is 50.7 Å². The molecule has 0 aliphatic carbocycles. The molecular weight excluding hydrogens is 258 g/mol. The number of nitrogens with one attached hydrogen (secondary N) is 2. The molecule has 0 bridgehead atoms. The van der Waals surface area contributed by atoms with E-state index in [-0.39, 0.29) is 12.0 Å². The summed E-state index contributed by atoms with van der Waals surface area (Å²) < 4.78 is 5.67. The number of carbonyl (C=O) groups excluding carboxylic acids is 1. The Morgan fingerprint density at radius 1 is 1.60 bits per heavy atom. The highest BCUT2D eigenvalue weighted by molar-refractivity contribution is 5.92. The van der Waals surface area contributed by atoms with E-state index in [1.165, 1.54) is 0 Å². The number of nitrogens with zero attached hydrogens (tertiary/aromatic N) is 3. The first-order valence-corrected chi connectivity index (χ1v) is 6.73. The molecule has 106 valence electrons. The summed E-state index contributed by atoms with van der Waals surface area (Å²) >= 11 is 0. The quantitative estimate of drug-likeness (QED) is 0.871. The Morgan fingerprint density at radius 2 is 2.50 bits per heavy atom. The van der Waals surface area contributed by atoms with Gasteiger partial charge in [-0.2, -0.15) is 5.10 Å². The Hall–Kier alpha value is -2.15. The second kappa shape index (κ2) is 5.46. The van der Waals surface area contributed by atoms with Gasteiger partial charge in [0.15, 0.2) is 5.82 Å². The summed E-state index contributed by atoms with van der Waals surface area (Å²) in [6, 6.07) is 3.59. The lowest BCUT2D eigenvalue weighted by atomic mass is 10.2. The fourth-order valence-electron chi connectivity index (χ4n) is 2.24. The Labute approximate surface area is 116 Å². The van der Waals surface area contributed by atoms with Gasteiger partial charge in [-0.15, -0.1) is 0 Å². The predicted octanol–water partition coefficient (Wildman–Crippen LogP) is 0.909. The van der Waals surface area contributed by atoms with Gasteiger partial charge in [0.1, 0.15) is 17.6 Å². The van der Waals surface area contributed by atoms with Crippen molar-refractivity contribution in [3.05, 3.63) is 35.7 Å². The van der Waals surface area contributed by atoms with Crippen molar-refractivity contribution in [2.24, 2.45) is 0 Å². The fourth-order valence-corrected chi connectivity index (χ4v) is 2.24. The molecule has 2 aromatic rings. The van der Waals surface area contributed by atoms with Crippen molar-refractivity contribution >= 4 is 5.91 Å². The van der Waals surface area contributed by atoms with E-state index in [2.05, 4.69) is 20.2 Å². The van der Waals surface area contributed by atoms with Crippen LogP contribution in [0.4, 0.5) is 0 Å². The van der Waals surface area contributed by atoms with Crippen LogP contribution in [0.5, 0.6) is 0 Å². The van der Waals surface area contributed by atoms with E-state index < -0.39 is 0 Å². The van der Waals surface area contributed by atoms with E-state index in [0.29, 0.717) is 31.2 Å². The smallest absolute Gasteiger partial charge is 0.270 e. The molecule has 0 aromatic carbocycles. The van der Waals surface area contributed by atoms with Crippen LogP contribution in [0.15, 0.2) is 18.3 Å². The van der Waals surface area contributed by atoms with Crippen molar-refractivity contribution in [2.75, 3.05) is 19.7 Å². The van der Waals surface area contributed by atoms with E-state index in [9.17, 15) is 4.79 Å². The molecule has 1 fully saturated rings. The zero-order chi connectivity index (χ0) is 13.9. The summed E-state index contributed by atoms with van der Waals surface area (Å²) in [6.45, 7) is 3.55. The molecule has 1 aliphatic heterocycles. The summed E-state index contributed by atoms with van der Waals surface area (Å²) in [5.74, 6) is 1.43. The first kappa shape index (κ1) is 12.9. The van der Waals surface area contributed by atoms with Gasteiger partial charge in [0, 0.05) is 19.2 Å². The highest BCUT2D eigenvalue weighted by Crippen LogP contribution is 2.20. The number of H-pyrrole nitrogens is 2. The predicted molar refractivity (Wildman–Crippen MR) is 71.1 cm³/mol. The number of amides is 1. The molecule has 2 N–H and O–H groups in total. The van der Waals surface area contributed by atoms with E-state index in [1.54, 1.807) is 17.2 Å².